The third-order valence-electron chi connectivity index (χ3n) is 3.33. The predicted octanol–water partition coefficient (Wildman–Crippen LogP) is 2.24. The maximum absolute atomic E-state index is 10.5. The number of rotatable bonds is 2. The number of aryl methyl sites for hydroxylation is 1. The van der Waals surface area contributed by atoms with Crippen molar-refractivity contribution in [3.8, 4) is 0 Å². The quantitative estimate of drug-likeness (QED) is 0.804. The molecule has 1 aromatic carbocycles. The van der Waals surface area contributed by atoms with Gasteiger partial charge >= 0.3 is 0 Å². The van der Waals surface area contributed by atoms with Crippen molar-refractivity contribution in [1.82, 2.24) is 0 Å². The topological polar surface area (TPSA) is 29.5 Å². The number of benzene rings is 1. The first-order chi connectivity index (χ1) is 7.10. The van der Waals surface area contributed by atoms with E-state index >= 15 is 0 Å². The molecule has 2 atom stereocenters. The van der Waals surface area contributed by atoms with Crippen LogP contribution < -0.4 is 0 Å². The second-order valence-corrected chi connectivity index (χ2v) is 4.58. The van der Waals surface area contributed by atoms with E-state index in [-0.39, 0.29) is 5.92 Å². The van der Waals surface area contributed by atoms with Crippen molar-refractivity contribution < 1.29 is 9.84 Å². The Morgan fingerprint density at radius 3 is 2.87 bits per heavy atom. The van der Waals surface area contributed by atoms with Crippen LogP contribution in [0, 0.1) is 12.8 Å². The Labute approximate surface area is 90.9 Å². The molecule has 0 spiro atoms. The molecule has 1 N–H and O–H groups in total. The van der Waals surface area contributed by atoms with Crippen molar-refractivity contribution in [3.05, 3.63) is 35.4 Å². The second kappa shape index (κ2) is 3.95. The summed E-state index contributed by atoms with van der Waals surface area (Å²) in [4.78, 5) is 0. The highest BCUT2D eigenvalue weighted by atomic mass is 16.5. The highest BCUT2D eigenvalue weighted by Gasteiger charge is 2.36. The highest BCUT2D eigenvalue weighted by molar-refractivity contribution is 5.27. The van der Waals surface area contributed by atoms with E-state index in [4.69, 9.17) is 4.74 Å². The molecule has 1 heterocycles. The van der Waals surface area contributed by atoms with Crippen LogP contribution in [0.2, 0.25) is 0 Å². The maximum atomic E-state index is 10.5. The van der Waals surface area contributed by atoms with Crippen molar-refractivity contribution in [2.24, 2.45) is 5.92 Å². The van der Waals surface area contributed by atoms with Gasteiger partial charge in [0.1, 0.15) is 0 Å². The normalized spacial score (nSPS) is 25.1. The fourth-order valence-electron chi connectivity index (χ4n) is 2.17. The van der Waals surface area contributed by atoms with Gasteiger partial charge in [-0.1, -0.05) is 29.8 Å². The molecule has 82 valence electrons. The molecule has 2 nitrogen and oxygen atoms in total. The Morgan fingerprint density at radius 1 is 1.47 bits per heavy atom. The van der Waals surface area contributed by atoms with Gasteiger partial charge in [-0.05, 0) is 25.8 Å². The van der Waals surface area contributed by atoms with Gasteiger partial charge in [0, 0.05) is 12.5 Å². The Bertz CT molecular complexity index is 338. The molecule has 2 heteroatoms. The largest absolute Gasteiger partial charge is 0.385 e. The van der Waals surface area contributed by atoms with E-state index in [0.29, 0.717) is 6.61 Å². The number of ether oxygens (including phenoxy) is 1. The first kappa shape index (κ1) is 10.7. The molecule has 0 aliphatic carbocycles. The highest BCUT2D eigenvalue weighted by Crippen LogP contribution is 2.34. The lowest BCUT2D eigenvalue weighted by molar-refractivity contribution is -0.00975. The molecule has 1 saturated heterocycles. The van der Waals surface area contributed by atoms with Crippen LogP contribution in [0.15, 0.2) is 24.3 Å². The number of hydrogen-bond donors (Lipinski definition) is 1. The van der Waals surface area contributed by atoms with Gasteiger partial charge in [0.05, 0.1) is 12.2 Å². The standard InChI is InChI=1S/C13H18O2/c1-10-4-3-5-11(8-10)13(2,14)12-6-7-15-9-12/h3-5,8,12,14H,6-7,9H2,1-2H3. The zero-order valence-corrected chi connectivity index (χ0v) is 9.36. The fourth-order valence-corrected chi connectivity index (χ4v) is 2.17. The SMILES string of the molecule is Cc1cccc(C(C)(O)C2CCOC2)c1. The van der Waals surface area contributed by atoms with Crippen molar-refractivity contribution in [3.63, 3.8) is 0 Å². The molecule has 1 aliphatic heterocycles. The predicted molar refractivity (Wildman–Crippen MR) is 59.7 cm³/mol. The van der Waals surface area contributed by atoms with Crippen LogP contribution in [-0.2, 0) is 10.3 Å². The van der Waals surface area contributed by atoms with Gasteiger partial charge in [-0.25, -0.2) is 0 Å². The van der Waals surface area contributed by atoms with E-state index in [1.807, 2.05) is 32.0 Å². The monoisotopic (exact) mass is 206 g/mol. The molecule has 0 saturated carbocycles. The van der Waals surface area contributed by atoms with Crippen LogP contribution in [-0.4, -0.2) is 18.3 Å². The zero-order chi connectivity index (χ0) is 10.9. The summed E-state index contributed by atoms with van der Waals surface area (Å²) in [5.41, 5.74) is 1.42. The summed E-state index contributed by atoms with van der Waals surface area (Å²) in [6.45, 7) is 5.37. The van der Waals surface area contributed by atoms with E-state index in [1.165, 1.54) is 5.56 Å². The van der Waals surface area contributed by atoms with Crippen LogP contribution in [0.5, 0.6) is 0 Å². The van der Waals surface area contributed by atoms with Gasteiger partial charge in [0.2, 0.25) is 0 Å². The summed E-state index contributed by atoms with van der Waals surface area (Å²) in [6.07, 6.45) is 0.945. The van der Waals surface area contributed by atoms with Crippen LogP contribution >= 0.6 is 0 Å². The smallest absolute Gasteiger partial charge is 0.0919 e. The molecule has 1 aliphatic rings. The van der Waals surface area contributed by atoms with Crippen molar-refractivity contribution in [2.45, 2.75) is 25.9 Å². The minimum Gasteiger partial charge on any atom is -0.385 e. The van der Waals surface area contributed by atoms with Crippen LogP contribution in [0.25, 0.3) is 0 Å². The van der Waals surface area contributed by atoms with Crippen LogP contribution in [0.1, 0.15) is 24.5 Å². The summed E-state index contributed by atoms with van der Waals surface area (Å²) < 4.78 is 5.34. The maximum Gasteiger partial charge on any atom is 0.0919 e. The van der Waals surface area contributed by atoms with Crippen LogP contribution in [0.4, 0.5) is 0 Å². The lowest BCUT2D eigenvalue weighted by Gasteiger charge is -2.29. The summed E-state index contributed by atoms with van der Waals surface area (Å²) in [5, 5.41) is 10.5. The van der Waals surface area contributed by atoms with Gasteiger partial charge in [-0.15, -0.1) is 0 Å². The van der Waals surface area contributed by atoms with E-state index in [1.54, 1.807) is 0 Å². The van der Waals surface area contributed by atoms with Gasteiger partial charge in [0.25, 0.3) is 0 Å². The summed E-state index contributed by atoms with van der Waals surface area (Å²) in [5.74, 6) is 0.222. The molecule has 0 bridgehead atoms. The van der Waals surface area contributed by atoms with E-state index in [0.717, 1.165) is 18.6 Å². The van der Waals surface area contributed by atoms with Gasteiger partial charge < -0.3 is 9.84 Å². The van der Waals surface area contributed by atoms with Gasteiger partial charge in [-0.3, -0.25) is 0 Å². The molecule has 0 radical (unpaired) electrons. The first-order valence-electron chi connectivity index (χ1n) is 5.48. The summed E-state index contributed by atoms with van der Waals surface area (Å²) >= 11 is 0. The van der Waals surface area contributed by atoms with Crippen molar-refractivity contribution in [1.29, 1.82) is 0 Å². The fraction of sp³-hybridized carbons (Fsp3) is 0.538. The molecule has 2 unspecified atom stereocenters. The molecule has 2 rings (SSSR count). The molecule has 0 aromatic heterocycles. The lowest BCUT2D eigenvalue weighted by Crippen LogP contribution is -2.32. The summed E-state index contributed by atoms with van der Waals surface area (Å²) in [6, 6.07) is 8.09. The van der Waals surface area contributed by atoms with Gasteiger partial charge in [-0.2, -0.15) is 0 Å². The Balaban J connectivity index is 2.27. The minimum atomic E-state index is -0.761. The average Bonchev–Trinajstić information content (AvgIpc) is 2.71. The Hall–Kier alpha value is -0.860. The number of hydrogen-bond acceptors (Lipinski definition) is 2. The minimum absolute atomic E-state index is 0.222. The second-order valence-electron chi connectivity index (χ2n) is 4.58. The van der Waals surface area contributed by atoms with E-state index in [2.05, 4.69) is 6.07 Å². The molecule has 0 amide bonds. The molecule has 1 aromatic rings. The number of aliphatic hydroxyl groups is 1. The molecular weight excluding hydrogens is 188 g/mol. The Kier molecular flexibility index (Phi) is 2.81. The van der Waals surface area contributed by atoms with E-state index < -0.39 is 5.60 Å². The zero-order valence-electron chi connectivity index (χ0n) is 9.36. The van der Waals surface area contributed by atoms with Crippen molar-refractivity contribution >= 4 is 0 Å². The Morgan fingerprint density at radius 2 is 2.27 bits per heavy atom. The van der Waals surface area contributed by atoms with E-state index in [9.17, 15) is 5.11 Å². The molecule has 15 heavy (non-hydrogen) atoms. The third kappa shape index (κ3) is 2.06. The molecular formula is C13H18O2. The van der Waals surface area contributed by atoms with Crippen LogP contribution in [0.3, 0.4) is 0 Å². The lowest BCUT2D eigenvalue weighted by atomic mass is 9.82. The average molecular weight is 206 g/mol. The first-order valence-corrected chi connectivity index (χ1v) is 5.48. The molecule has 1 fully saturated rings. The summed E-state index contributed by atoms with van der Waals surface area (Å²) in [7, 11) is 0. The van der Waals surface area contributed by atoms with Crippen molar-refractivity contribution in [2.75, 3.05) is 13.2 Å². The third-order valence-corrected chi connectivity index (χ3v) is 3.33. The van der Waals surface area contributed by atoms with Gasteiger partial charge in [0.15, 0.2) is 0 Å².